The fourth-order valence-electron chi connectivity index (χ4n) is 4.31. The molecular weight excluding hydrogens is 470 g/mol. The van der Waals surface area contributed by atoms with Gasteiger partial charge >= 0.3 is 11.9 Å². The van der Waals surface area contributed by atoms with E-state index in [-0.39, 0.29) is 18.3 Å². The van der Waals surface area contributed by atoms with E-state index in [1.807, 2.05) is 6.08 Å². The van der Waals surface area contributed by atoms with Crippen LogP contribution in [-0.4, -0.2) is 29.5 Å². The number of methoxy groups -OCH3 is 1. The number of carbonyl (C=O) groups excluding carboxylic acids is 3. The number of fused-ring (bicyclic) bond motifs is 2. The molecular formula is C27H20ClNO6. The number of benzene rings is 2. The summed E-state index contributed by atoms with van der Waals surface area (Å²) >= 11 is 5.98. The molecule has 2 heterocycles. The summed E-state index contributed by atoms with van der Waals surface area (Å²) in [6, 6.07) is 11.9. The van der Waals surface area contributed by atoms with Gasteiger partial charge in [0.05, 0.1) is 30.2 Å². The summed E-state index contributed by atoms with van der Waals surface area (Å²) in [6.45, 7) is 1.77. The maximum atomic E-state index is 13.4. The lowest BCUT2D eigenvalue weighted by Gasteiger charge is -2.08. The Hall–Kier alpha value is -4.10. The molecule has 0 bridgehead atoms. The van der Waals surface area contributed by atoms with E-state index in [0.29, 0.717) is 56.1 Å². The van der Waals surface area contributed by atoms with Gasteiger partial charge in [0.1, 0.15) is 5.75 Å². The highest BCUT2D eigenvalue weighted by Crippen LogP contribution is 2.34. The number of aromatic nitrogens is 1. The molecule has 0 saturated heterocycles. The minimum absolute atomic E-state index is 0.0909. The molecule has 7 nitrogen and oxygen atoms in total. The van der Waals surface area contributed by atoms with Crippen molar-refractivity contribution in [2.24, 2.45) is 0 Å². The van der Waals surface area contributed by atoms with E-state index >= 15 is 0 Å². The zero-order valence-electron chi connectivity index (χ0n) is 19.0. The Bertz CT molecular complexity index is 1490. The predicted molar refractivity (Wildman–Crippen MR) is 129 cm³/mol. The third-order valence-corrected chi connectivity index (χ3v) is 6.31. The Balaban J connectivity index is 1.52. The molecule has 0 atom stereocenters. The molecule has 1 aliphatic carbocycles. The van der Waals surface area contributed by atoms with Crippen LogP contribution in [0.1, 0.15) is 28.0 Å². The number of ether oxygens (including phenoxy) is 3. The number of carbonyl (C=O) groups is 3. The number of allylic oxidation sites excluding steroid dienone is 3. The van der Waals surface area contributed by atoms with Gasteiger partial charge in [0, 0.05) is 21.7 Å². The monoisotopic (exact) mass is 489 g/mol. The first-order valence-corrected chi connectivity index (χ1v) is 11.3. The fourth-order valence-corrected chi connectivity index (χ4v) is 4.43. The third-order valence-electron chi connectivity index (χ3n) is 6.06. The maximum Gasteiger partial charge on any atom is 0.346 e. The van der Waals surface area contributed by atoms with Gasteiger partial charge in [-0.2, -0.15) is 0 Å². The van der Waals surface area contributed by atoms with Crippen LogP contribution in [0.25, 0.3) is 10.9 Å². The number of hydrogen-bond acceptors (Lipinski definition) is 6. The highest BCUT2D eigenvalue weighted by atomic mass is 35.5. The van der Waals surface area contributed by atoms with Crippen LogP contribution in [0.15, 0.2) is 77.8 Å². The van der Waals surface area contributed by atoms with E-state index in [4.69, 9.17) is 25.8 Å². The topological polar surface area (TPSA) is 83.8 Å². The fraction of sp³-hybridized carbons (Fsp3) is 0.148. The average molecular weight is 490 g/mol. The van der Waals surface area contributed by atoms with Crippen LogP contribution in [0.5, 0.6) is 5.75 Å². The quantitative estimate of drug-likeness (QED) is 0.467. The lowest BCUT2D eigenvalue weighted by atomic mass is 10.0. The SMILES string of the molecule is COc1ccc2c(c1)c(CC(=O)OC1=C3CC=CC=C3C(=O)O1)c(C)n2C(=O)c1ccc(Cl)cc1. The van der Waals surface area contributed by atoms with Gasteiger partial charge in [-0.25, -0.2) is 4.79 Å². The lowest BCUT2D eigenvalue weighted by molar-refractivity contribution is -0.149. The minimum atomic E-state index is -0.611. The second-order valence-corrected chi connectivity index (χ2v) is 8.55. The third kappa shape index (κ3) is 4.04. The van der Waals surface area contributed by atoms with Crippen molar-refractivity contribution in [1.82, 2.24) is 4.57 Å². The highest BCUT2D eigenvalue weighted by molar-refractivity contribution is 6.30. The second-order valence-electron chi connectivity index (χ2n) is 8.11. The standard InChI is InChI=1S/C27H20ClNO6/c1-15-21(14-24(30)34-27-20-6-4-3-5-19(20)26(32)35-27)22-13-18(33-2)11-12-23(22)29(15)25(31)16-7-9-17(28)10-8-16/h3-5,7-13H,6,14H2,1-2H3. The Morgan fingerprint density at radius 3 is 2.66 bits per heavy atom. The van der Waals surface area contributed by atoms with Crippen LogP contribution in [0.3, 0.4) is 0 Å². The van der Waals surface area contributed by atoms with Gasteiger partial charge in [-0.3, -0.25) is 14.2 Å². The average Bonchev–Trinajstić information content (AvgIpc) is 3.32. The summed E-state index contributed by atoms with van der Waals surface area (Å²) in [5.74, 6) is -0.918. The first-order chi connectivity index (χ1) is 16.9. The molecule has 176 valence electrons. The van der Waals surface area contributed by atoms with Crippen LogP contribution in [0.2, 0.25) is 5.02 Å². The van der Waals surface area contributed by atoms with Crippen LogP contribution < -0.4 is 4.74 Å². The van der Waals surface area contributed by atoms with Crippen molar-refractivity contribution in [3.63, 3.8) is 0 Å². The summed E-state index contributed by atoms with van der Waals surface area (Å²) in [4.78, 5) is 38.4. The van der Waals surface area contributed by atoms with Gasteiger partial charge in [0.15, 0.2) is 0 Å². The zero-order chi connectivity index (χ0) is 24.7. The van der Waals surface area contributed by atoms with Crippen molar-refractivity contribution in [2.45, 2.75) is 19.8 Å². The van der Waals surface area contributed by atoms with Crippen LogP contribution in [-0.2, 0) is 25.5 Å². The van der Waals surface area contributed by atoms with E-state index in [2.05, 4.69) is 0 Å². The first kappa shape index (κ1) is 22.7. The van der Waals surface area contributed by atoms with Crippen molar-refractivity contribution in [3.8, 4) is 5.75 Å². The minimum Gasteiger partial charge on any atom is -0.497 e. The van der Waals surface area contributed by atoms with Gasteiger partial charge in [-0.1, -0.05) is 23.8 Å². The molecule has 0 spiro atoms. The van der Waals surface area contributed by atoms with Crippen molar-refractivity contribution >= 4 is 40.3 Å². The molecule has 0 fully saturated rings. The maximum absolute atomic E-state index is 13.4. The number of cyclic esters (lactones) is 1. The van der Waals surface area contributed by atoms with Crippen molar-refractivity contribution in [3.05, 3.63) is 99.6 Å². The molecule has 5 rings (SSSR count). The summed E-state index contributed by atoms with van der Waals surface area (Å²) in [7, 11) is 1.55. The number of halogens is 1. The predicted octanol–water partition coefficient (Wildman–Crippen LogP) is 5.04. The largest absolute Gasteiger partial charge is 0.497 e. The van der Waals surface area contributed by atoms with Gasteiger partial charge in [0.25, 0.3) is 11.9 Å². The number of hydrogen-bond donors (Lipinski definition) is 0. The Kier molecular flexibility index (Phi) is 5.78. The Morgan fingerprint density at radius 2 is 1.91 bits per heavy atom. The van der Waals surface area contributed by atoms with Crippen LogP contribution >= 0.6 is 11.6 Å². The second kappa shape index (κ2) is 8.92. The Labute approximate surface area is 205 Å². The van der Waals surface area contributed by atoms with E-state index < -0.39 is 11.9 Å². The lowest BCUT2D eigenvalue weighted by Crippen LogP contribution is -2.15. The zero-order valence-corrected chi connectivity index (χ0v) is 19.7. The van der Waals surface area contributed by atoms with Gasteiger partial charge in [-0.15, -0.1) is 0 Å². The summed E-state index contributed by atoms with van der Waals surface area (Å²) in [5.41, 5.74) is 3.22. The molecule has 0 radical (unpaired) electrons. The van der Waals surface area contributed by atoms with E-state index in [1.54, 1.807) is 73.2 Å². The van der Waals surface area contributed by atoms with Gasteiger partial charge in [-0.05, 0) is 67.4 Å². The van der Waals surface area contributed by atoms with Gasteiger partial charge in [0.2, 0.25) is 0 Å². The molecule has 35 heavy (non-hydrogen) atoms. The highest BCUT2D eigenvalue weighted by Gasteiger charge is 2.33. The summed E-state index contributed by atoms with van der Waals surface area (Å²) < 4.78 is 17.6. The molecule has 0 unspecified atom stereocenters. The summed E-state index contributed by atoms with van der Waals surface area (Å²) in [6.07, 6.45) is 5.54. The first-order valence-electron chi connectivity index (χ1n) is 10.9. The smallest absolute Gasteiger partial charge is 0.346 e. The molecule has 2 aromatic carbocycles. The molecule has 0 N–H and O–H groups in total. The van der Waals surface area contributed by atoms with E-state index in [1.165, 1.54) is 0 Å². The summed E-state index contributed by atoms with van der Waals surface area (Å²) in [5, 5.41) is 1.21. The van der Waals surface area contributed by atoms with Crippen LogP contribution in [0, 0.1) is 6.92 Å². The van der Waals surface area contributed by atoms with Crippen LogP contribution in [0.4, 0.5) is 0 Å². The van der Waals surface area contributed by atoms with E-state index in [9.17, 15) is 14.4 Å². The molecule has 3 aromatic rings. The Morgan fingerprint density at radius 1 is 1.14 bits per heavy atom. The van der Waals surface area contributed by atoms with Gasteiger partial charge < -0.3 is 14.2 Å². The molecule has 0 amide bonds. The molecule has 2 aliphatic rings. The van der Waals surface area contributed by atoms with E-state index in [0.717, 1.165) is 0 Å². The van der Waals surface area contributed by atoms with Crippen molar-refractivity contribution < 1.29 is 28.6 Å². The molecule has 0 saturated carbocycles. The van der Waals surface area contributed by atoms with Crippen molar-refractivity contribution in [1.29, 1.82) is 0 Å². The normalized spacial score (nSPS) is 14.6. The molecule has 1 aliphatic heterocycles. The number of nitrogens with zero attached hydrogens (tertiary/aromatic N) is 1. The number of esters is 2. The molecule has 1 aromatic heterocycles. The molecule has 8 heteroatoms. The number of rotatable bonds is 5. The van der Waals surface area contributed by atoms with Crippen molar-refractivity contribution in [2.75, 3.05) is 7.11 Å².